The van der Waals surface area contributed by atoms with E-state index in [1.54, 1.807) is 0 Å². The molecule has 0 aromatic carbocycles. The number of rotatable bonds is 3. The van der Waals surface area contributed by atoms with Gasteiger partial charge in [0.25, 0.3) is 0 Å². The maximum Gasteiger partial charge on any atom is 0.0990 e. The van der Waals surface area contributed by atoms with Gasteiger partial charge >= 0.3 is 0 Å². The van der Waals surface area contributed by atoms with E-state index in [-0.39, 0.29) is 0 Å². The Morgan fingerprint density at radius 2 is 2.20 bits per heavy atom. The summed E-state index contributed by atoms with van der Waals surface area (Å²) in [6.45, 7) is 7.02. The number of hydrogen-bond acceptors (Lipinski definition) is 4. The molecule has 0 saturated carbocycles. The number of nitrogens with two attached hydrogens (primary N) is 2. The Labute approximate surface area is 92.0 Å². The summed E-state index contributed by atoms with van der Waals surface area (Å²) >= 11 is 0. The zero-order chi connectivity index (χ0) is 11.3. The van der Waals surface area contributed by atoms with E-state index in [2.05, 4.69) is 17.1 Å². The van der Waals surface area contributed by atoms with Crippen molar-refractivity contribution >= 4 is 0 Å². The lowest BCUT2D eigenvalue weighted by molar-refractivity contribution is 0.201. The van der Waals surface area contributed by atoms with Gasteiger partial charge in [-0.1, -0.05) is 6.92 Å². The first kappa shape index (κ1) is 11.9. The average Bonchev–Trinajstić information content (AvgIpc) is 2.25. The zero-order valence-electron chi connectivity index (χ0n) is 9.66. The molecule has 0 aromatic heterocycles. The summed E-state index contributed by atoms with van der Waals surface area (Å²) in [5, 5.41) is 3.37. The highest BCUT2D eigenvalue weighted by Crippen LogP contribution is 2.11. The quantitative estimate of drug-likeness (QED) is 0.587. The fourth-order valence-electron chi connectivity index (χ4n) is 1.78. The smallest absolute Gasteiger partial charge is 0.0990 e. The Morgan fingerprint density at radius 3 is 2.80 bits per heavy atom. The van der Waals surface area contributed by atoms with Crippen LogP contribution in [0.5, 0.6) is 0 Å². The standard InChI is InChI=1S/C11H22N4/c1-3-10-8-14-6-7-15(10)11(13)5-4-9(2)12/h4-5,10,14H,3,6-8,12-13H2,1-2H3/b9-4-,11-5+. The van der Waals surface area contributed by atoms with E-state index < -0.39 is 0 Å². The molecular weight excluding hydrogens is 188 g/mol. The van der Waals surface area contributed by atoms with Gasteiger partial charge in [-0.2, -0.15) is 0 Å². The molecule has 0 radical (unpaired) electrons. The summed E-state index contributed by atoms with van der Waals surface area (Å²) in [6, 6.07) is 0.501. The van der Waals surface area contributed by atoms with Gasteiger partial charge in [0.05, 0.1) is 5.82 Å². The summed E-state index contributed by atoms with van der Waals surface area (Å²) in [4.78, 5) is 2.25. The van der Waals surface area contributed by atoms with Crippen LogP contribution in [-0.4, -0.2) is 30.6 Å². The first-order chi connectivity index (χ1) is 7.15. The third-order valence-corrected chi connectivity index (χ3v) is 2.67. The third kappa shape index (κ3) is 3.47. The summed E-state index contributed by atoms with van der Waals surface area (Å²) in [5.41, 5.74) is 12.4. The predicted molar refractivity (Wildman–Crippen MR) is 63.9 cm³/mol. The van der Waals surface area contributed by atoms with Crippen molar-refractivity contribution in [3.8, 4) is 0 Å². The van der Waals surface area contributed by atoms with Crippen molar-refractivity contribution in [3.05, 3.63) is 23.7 Å². The van der Waals surface area contributed by atoms with Crippen molar-refractivity contribution in [3.63, 3.8) is 0 Å². The fourth-order valence-corrected chi connectivity index (χ4v) is 1.78. The molecule has 0 amide bonds. The molecule has 1 heterocycles. The van der Waals surface area contributed by atoms with Gasteiger partial charge in [0.1, 0.15) is 0 Å². The van der Waals surface area contributed by atoms with Gasteiger partial charge in [-0.05, 0) is 25.5 Å². The summed E-state index contributed by atoms with van der Waals surface area (Å²) in [6.07, 6.45) is 4.85. The van der Waals surface area contributed by atoms with Crippen LogP contribution < -0.4 is 16.8 Å². The van der Waals surface area contributed by atoms with Gasteiger partial charge in [0.2, 0.25) is 0 Å². The summed E-state index contributed by atoms with van der Waals surface area (Å²) < 4.78 is 0. The molecule has 0 aromatic rings. The van der Waals surface area contributed by atoms with Gasteiger partial charge in [-0.15, -0.1) is 0 Å². The molecule has 1 aliphatic rings. The first-order valence-electron chi connectivity index (χ1n) is 5.52. The number of nitrogens with one attached hydrogen (secondary N) is 1. The van der Waals surface area contributed by atoms with E-state index in [9.17, 15) is 0 Å². The van der Waals surface area contributed by atoms with E-state index >= 15 is 0 Å². The normalized spacial score (nSPS) is 24.4. The lowest BCUT2D eigenvalue weighted by Gasteiger charge is -2.37. The second-order valence-corrected chi connectivity index (χ2v) is 3.96. The van der Waals surface area contributed by atoms with Crippen LogP contribution in [0.1, 0.15) is 20.3 Å². The molecule has 5 N–H and O–H groups in total. The Kier molecular flexibility index (Phi) is 4.49. The number of allylic oxidation sites excluding steroid dienone is 3. The number of piperazine rings is 1. The van der Waals surface area contributed by atoms with Crippen molar-refractivity contribution < 1.29 is 0 Å². The van der Waals surface area contributed by atoms with Crippen LogP contribution in [0.2, 0.25) is 0 Å². The molecule has 1 atom stereocenters. The highest BCUT2D eigenvalue weighted by Gasteiger charge is 2.20. The molecule has 0 spiro atoms. The molecule has 1 saturated heterocycles. The monoisotopic (exact) mass is 210 g/mol. The Hall–Kier alpha value is -1.16. The topological polar surface area (TPSA) is 67.3 Å². The van der Waals surface area contributed by atoms with Crippen LogP contribution in [0.25, 0.3) is 0 Å². The van der Waals surface area contributed by atoms with Crippen molar-refractivity contribution in [2.75, 3.05) is 19.6 Å². The van der Waals surface area contributed by atoms with E-state index in [4.69, 9.17) is 11.5 Å². The Bertz CT molecular complexity index is 253. The molecule has 1 fully saturated rings. The molecule has 4 heteroatoms. The second-order valence-electron chi connectivity index (χ2n) is 3.96. The lowest BCUT2D eigenvalue weighted by atomic mass is 10.1. The average molecular weight is 210 g/mol. The van der Waals surface area contributed by atoms with Crippen LogP contribution in [-0.2, 0) is 0 Å². The maximum atomic E-state index is 6.02. The molecule has 0 bridgehead atoms. The van der Waals surface area contributed by atoms with Crippen molar-refractivity contribution in [2.45, 2.75) is 26.3 Å². The SMILES string of the molecule is CCC1CNCCN1/C(N)=C/C=C(/C)N. The predicted octanol–water partition coefficient (Wildman–Crippen LogP) is 0.333. The van der Waals surface area contributed by atoms with Gasteiger partial charge in [0.15, 0.2) is 0 Å². The van der Waals surface area contributed by atoms with E-state index in [1.165, 1.54) is 0 Å². The third-order valence-electron chi connectivity index (χ3n) is 2.67. The second kappa shape index (κ2) is 5.66. The fraction of sp³-hybridized carbons (Fsp3) is 0.636. The minimum absolute atomic E-state index is 0.501. The van der Waals surface area contributed by atoms with E-state index in [0.29, 0.717) is 6.04 Å². The van der Waals surface area contributed by atoms with Gasteiger partial charge < -0.3 is 21.7 Å². The lowest BCUT2D eigenvalue weighted by Crippen LogP contribution is -2.51. The molecule has 15 heavy (non-hydrogen) atoms. The largest absolute Gasteiger partial charge is 0.402 e. The molecule has 4 nitrogen and oxygen atoms in total. The molecule has 1 aliphatic heterocycles. The zero-order valence-corrected chi connectivity index (χ0v) is 9.66. The summed E-state index contributed by atoms with van der Waals surface area (Å²) in [5.74, 6) is 0.813. The van der Waals surface area contributed by atoms with Gasteiger partial charge in [-0.25, -0.2) is 0 Å². The molecular formula is C11H22N4. The molecule has 0 aliphatic carbocycles. The Balaban J connectivity index is 2.67. The van der Waals surface area contributed by atoms with Crippen LogP contribution in [0.15, 0.2) is 23.7 Å². The van der Waals surface area contributed by atoms with Crippen LogP contribution >= 0.6 is 0 Å². The molecule has 86 valence electrons. The first-order valence-corrected chi connectivity index (χ1v) is 5.52. The van der Waals surface area contributed by atoms with Gasteiger partial charge in [0, 0.05) is 31.4 Å². The van der Waals surface area contributed by atoms with Crippen LogP contribution in [0.4, 0.5) is 0 Å². The highest BCUT2D eigenvalue weighted by atomic mass is 15.3. The highest BCUT2D eigenvalue weighted by molar-refractivity contribution is 5.13. The molecule has 1 unspecified atom stereocenters. The minimum atomic E-state index is 0.501. The van der Waals surface area contributed by atoms with Crippen molar-refractivity contribution in [2.24, 2.45) is 11.5 Å². The number of hydrogen-bond donors (Lipinski definition) is 3. The maximum absolute atomic E-state index is 6.02. The molecule has 1 rings (SSSR count). The van der Waals surface area contributed by atoms with Crippen LogP contribution in [0, 0.1) is 0 Å². The van der Waals surface area contributed by atoms with Crippen molar-refractivity contribution in [1.82, 2.24) is 10.2 Å². The van der Waals surface area contributed by atoms with E-state index in [0.717, 1.165) is 37.6 Å². The minimum Gasteiger partial charge on any atom is -0.402 e. The Morgan fingerprint density at radius 1 is 1.47 bits per heavy atom. The summed E-state index contributed by atoms with van der Waals surface area (Å²) in [7, 11) is 0. The van der Waals surface area contributed by atoms with Gasteiger partial charge in [-0.3, -0.25) is 0 Å². The van der Waals surface area contributed by atoms with Crippen LogP contribution in [0.3, 0.4) is 0 Å². The number of nitrogens with zero attached hydrogens (tertiary/aromatic N) is 1. The van der Waals surface area contributed by atoms with Crippen molar-refractivity contribution in [1.29, 1.82) is 0 Å². The van der Waals surface area contributed by atoms with E-state index in [1.807, 2.05) is 19.1 Å².